The fraction of sp³-hybridized carbons (Fsp3) is 0.200. The van der Waals surface area contributed by atoms with E-state index in [1.807, 2.05) is 48.5 Å². The van der Waals surface area contributed by atoms with E-state index in [9.17, 15) is 4.79 Å². The summed E-state index contributed by atoms with van der Waals surface area (Å²) < 4.78 is 17.9. The molecule has 2 heterocycles. The summed E-state index contributed by atoms with van der Waals surface area (Å²) in [6.07, 6.45) is 0. The Morgan fingerprint density at radius 3 is 2.71 bits per heavy atom. The smallest absolute Gasteiger partial charge is 0.323 e. The molecular weight excluding hydrogens is 534 g/mol. The van der Waals surface area contributed by atoms with E-state index in [0.29, 0.717) is 19.8 Å². The molecule has 0 fully saturated rings. The van der Waals surface area contributed by atoms with Crippen LogP contribution in [0.4, 0.5) is 11.5 Å². The standard InChI is InChI=1S/C25H22BrN3O5S/c26-18-10-14(12-27-20(13-30)25(31)32)4-6-19(18)28-24-17-3-1-2-16(23(17)35-29-24)15-5-7-21-22(11-15)34-9-8-33-21/h1-7,10-11,20,27,30H,8-9,12-13H2,(H,28,29)(H,31,32)/t20-/m1/s1. The first-order valence-corrected chi connectivity index (χ1v) is 12.5. The highest BCUT2D eigenvalue weighted by atomic mass is 79.9. The molecule has 1 aliphatic rings. The molecule has 180 valence electrons. The summed E-state index contributed by atoms with van der Waals surface area (Å²) in [4.78, 5) is 11.1. The van der Waals surface area contributed by atoms with E-state index >= 15 is 0 Å². The highest BCUT2D eigenvalue weighted by Gasteiger charge is 2.17. The van der Waals surface area contributed by atoms with Crippen molar-refractivity contribution in [2.75, 3.05) is 25.1 Å². The van der Waals surface area contributed by atoms with Crippen LogP contribution in [0.15, 0.2) is 59.1 Å². The van der Waals surface area contributed by atoms with Crippen LogP contribution in [0.25, 0.3) is 21.2 Å². The Hall–Kier alpha value is -3.18. The third-order valence-electron chi connectivity index (χ3n) is 5.67. The van der Waals surface area contributed by atoms with Gasteiger partial charge in [0.15, 0.2) is 17.3 Å². The number of aliphatic hydroxyl groups is 1. The summed E-state index contributed by atoms with van der Waals surface area (Å²) in [5.41, 5.74) is 3.83. The molecule has 8 nitrogen and oxygen atoms in total. The van der Waals surface area contributed by atoms with Crippen LogP contribution >= 0.6 is 27.5 Å². The number of hydrogen-bond donors (Lipinski definition) is 4. The zero-order valence-electron chi connectivity index (χ0n) is 18.5. The van der Waals surface area contributed by atoms with Gasteiger partial charge in [-0.05, 0) is 68.9 Å². The molecule has 0 bridgehead atoms. The van der Waals surface area contributed by atoms with E-state index < -0.39 is 18.6 Å². The number of hydrogen-bond acceptors (Lipinski definition) is 8. The highest BCUT2D eigenvalue weighted by Crippen LogP contribution is 2.40. The lowest BCUT2D eigenvalue weighted by molar-refractivity contribution is -0.140. The molecule has 0 unspecified atom stereocenters. The summed E-state index contributed by atoms with van der Waals surface area (Å²) in [6, 6.07) is 16.8. The number of carboxylic acids is 1. The highest BCUT2D eigenvalue weighted by molar-refractivity contribution is 9.10. The summed E-state index contributed by atoms with van der Waals surface area (Å²) in [7, 11) is 0. The number of benzene rings is 3. The van der Waals surface area contributed by atoms with E-state index in [-0.39, 0.29) is 0 Å². The lowest BCUT2D eigenvalue weighted by Crippen LogP contribution is -2.39. The van der Waals surface area contributed by atoms with Gasteiger partial charge < -0.3 is 25.0 Å². The molecule has 0 spiro atoms. The molecule has 0 saturated heterocycles. The maximum Gasteiger partial charge on any atom is 0.323 e. The second-order valence-electron chi connectivity index (χ2n) is 7.97. The number of aliphatic hydroxyl groups excluding tert-OH is 1. The van der Waals surface area contributed by atoms with Crippen molar-refractivity contribution in [3.63, 3.8) is 0 Å². The maximum atomic E-state index is 11.1. The number of carbonyl (C=O) groups is 1. The number of anilines is 2. The van der Waals surface area contributed by atoms with Gasteiger partial charge in [0, 0.05) is 22.0 Å². The molecule has 1 atom stereocenters. The second-order valence-corrected chi connectivity index (χ2v) is 9.59. The number of nitrogens with zero attached hydrogens (tertiary/aromatic N) is 1. The lowest BCUT2D eigenvalue weighted by Gasteiger charge is -2.19. The Labute approximate surface area is 213 Å². The molecule has 4 N–H and O–H groups in total. The van der Waals surface area contributed by atoms with Crippen molar-refractivity contribution < 1.29 is 24.5 Å². The Morgan fingerprint density at radius 1 is 1.11 bits per heavy atom. The largest absolute Gasteiger partial charge is 0.486 e. The van der Waals surface area contributed by atoms with Crippen LogP contribution in [0.1, 0.15) is 5.56 Å². The number of rotatable bonds is 8. The predicted molar refractivity (Wildman–Crippen MR) is 139 cm³/mol. The first-order valence-electron chi connectivity index (χ1n) is 10.9. The van der Waals surface area contributed by atoms with Gasteiger partial charge in [0.25, 0.3) is 0 Å². The summed E-state index contributed by atoms with van der Waals surface area (Å²) in [5.74, 6) is 1.18. The molecule has 0 saturated carbocycles. The van der Waals surface area contributed by atoms with E-state index in [1.165, 1.54) is 11.5 Å². The Bertz CT molecular complexity index is 1390. The average molecular weight is 556 g/mol. The zero-order chi connectivity index (χ0) is 24.4. The van der Waals surface area contributed by atoms with Crippen molar-refractivity contribution in [1.29, 1.82) is 0 Å². The monoisotopic (exact) mass is 555 g/mol. The van der Waals surface area contributed by atoms with Gasteiger partial charge in [0.1, 0.15) is 19.3 Å². The Kier molecular flexibility index (Phi) is 6.87. The third kappa shape index (κ3) is 4.96. The maximum absolute atomic E-state index is 11.1. The molecule has 0 amide bonds. The van der Waals surface area contributed by atoms with Crippen molar-refractivity contribution in [3.8, 4) is 22.6 Å². The number of halogens is 1. The molecule has 4 aromatic rings. The van der Waals surface area contributed by atoms with Crippen LogP contribution in [0.5, 0.6) is 11.5 Å². The SMILES string of the molecule is O=C(O)[C@@H](CO)NCc1ccc(Nc2nsc3c(-c4ccc5c(c4)OCCO5)cccc23)c(Br)c1. The second kappa shape index (κ2) is 10.2. The number of carboxylic acid groups (broad SMARTS) is 1. The minimum atomic E-state index is -1.09. The summed E-state index contributed by atoms with van der Waals surface area (Å²) in [5, 5.41) is 25.5. The third-order valence-corrected chi connectivity index (χ3v) is 7.22. The number of aliphatic carboxylic acids is 1. The van der Waals surface area contributed by atoms with Gasteiger partial charge in [-0.15, -0.1) is 0 Å². The van der Waals surface area contributed by atoms with Crippen LogP contribution in [-0.2, 0) is 11.3 Å². The fourth-order valence-corrected chi connectivity index (χ4v) is 5.26. The quantitative estimate of drug-likeness (QED) is 0.246. The van der Waals surface area contributed by atoms with Gasteiger partial charge in [-0.25, -0.2) is 0 Å². The van der Waals surface area contributed by atoms with Gasteiger partial charge in [0.2, 0.25) is 0 Å². The van der Waals surface area contributed by atoms with Gasteiger partial charge in [-0.2, -0.15) is 4.37 Å². The van der Waals surface area contributed by atoms with Crippen LogP contribution < -0.4 is 20.1 Å². The first-order chi connectivity index (χ1) is 17.0. The van der Waals surface area contributed by atoms with Crippen LogP contribution in [-0.4, -0.2) is 46.4 Å². The molecular formula is C25H22BrN3O5S. The summed E-state index contributed by atoms with van der Waals surface area (Å²) >= 11 is 5.02. The van der Waals surface area contributed by atoms with Crippen molar-refractivity contribution in [2.45, 2.75) is 12.6 Å². The van der Waals surface area contributed by atoms with E-state index in [0.717, 1.165) is 54.3 Å². The fourth-order valence-electron chi connectivity index (χ4n) is 3.86. The molecule has 0 aliphatic carbocycles. The molecule has 10 heteroatoms. The van der Waals surface area contributed by atoms with Gasteiger partial charge in [0.05, 0.1) is 17.0 Å². The normalized spacial score (nSPS) is 13.5. The number of ether oxygens (including phenoxy) is 2. The zero-order valence-corrected chi connectivity index (χ0v) is 20.9. The minimum Gasteiger partial charge on any atom is -0.486 e. The van der Waals surface area contributed by atoms with Crippen molar-refractivity contribution in [3.05, 3.63) is 64.6 Å². The van der Waals surface area contributed by atoms with E-state index in [4.69, 9.17) is 19.7 Å². The summed E-state index contributed by atoms with van der Waals surface area (Å²) in [6.45, 7) is 0.946. The van der Waals surface area contributed by atoms with Crippen molar-refractivity contribution in [1.82, 2.24) is 9.69 Å². The molecule has 5 rings (SSSR count). The number of nitrogens with one attached hydrogen (secondary N) is 2. The molecule has 3 aromatic carbocycles. The van der Waals surface area contributed by atoms with Crippen molar-refractivity contribution >= 4 is 55.0 Å². The number of aromatic nitrogens is 1. The molecule has 1 aliphatic heterocycles. The minimum absolute atomic E-state index is 0.314. The Morgan fingerprint density at radius 2 is 1.94 bits per heavy atom. The van der Waals surface area contributed by atoms with Crippen LogP contribution in [0.2, 0.25) is 0 Å². The number of fused-ring (bicyclic) bond motifs is 2. The lowest BCUT2D eigenvalue weighted by atomic mass is 10.0. The van der Waals surface area contributed by atoms with E-state index in [1.54, 1.807) is 0 Å². The average Bonchev–Trinajstić information content (AvgIpc) is 3.28. The predicted octanol–water partition coefficient (Wildman–Crippen LogP) is 4.78. The van der Waals surface area contributed by atoms with Crippen molar-refractivity contribution in [2.24, 2.45) is 0 Å². The molecule has 1 aromatic heterocycles. The molecule has 35 heavy (non-hydrogen) atoms. The van der Waals surface area contributed by atoms with Crippen LogP contribution in [0, 0.1) is 0 Å². The topological polar surface area (TPSA) is 113 Å². The van der Waals surface area contributed by atoms with E-state index in [2.05, 4.69) is 37.0 Å². The van der Waals surface area contributed by atoms with Gasteiger partial charge in [-0.3, -0.25) is 10.1 Å². The van der Waals surface area contributed by atoms with Crippen LogP contribution in [0.3, 0.4) is 0 Å². The Balaban J connectivity index is 1.37. The molecule has 0 radical (unpaired) electrons. The van der Waals surface area contributed by atoms with Gasteiger partial charge >= 0.3 is 5.97 Å². The first kappa shape index (κ1) is 23.6. The van der Waals surface area contributed by atoms with Gasteiger partial charge in [-0.1, -0.05) is 24.3 Å².